The van der Waals surface area contributed by atoms with Crippen LogP contribution in [0.25, 0.3) is 0 Å². The van der Waals surface area contributed by atoms with Gasteiger partial charge >= 0.3 is 5.97 Å². The van der Waals surface area contributed by atoms with Crippen molar-refractivity contribution in [3.05, 3.63) is 28.3 Å². The van der Waals surface area contributed by atoms with Crippen molar-refractivity contribution < 1.29 is 9.53 Å². The average Bonchev–Trinajstić information content (AvgIpc) is 3.11. The molecule has 1 aliphatic rings. The van der Waals surface area contributed by atoms with Crippen molar-refractivity contribution in [1.29, 1.82) is 0 Å². The van der Waals surface area contributed by atoms with Crippen LogP contribution in [0, 0.1) is 0 Å². The third kappa shape index (κ3) is 4.42. The summed E-state index contributed by atoms with van der Waals surface area (Å²) in [6.45, 7) is 2.19. The molecule has 0 spiro atoms. The summed E-state index contributed by atoms with van der Waals surface area (Å²) in [6.07, 6.45) is 8.48. The van der Waals surface area contributed by atoms with Crippen LogP contribution in [0.5, 0.6) is 0 Å². The molecule has 0 radical (unpaired) electrons. The fourth-order valence-electron chi connectivity index (χ4n) is 3.16. The number of rotatable bonds is 4. The van der Waals surface area contributed by atoms with Crippen molar-refractivity contribution in [2.45, 2.75) is 45.4 Å². The summed E-state index contributed by atoms with van der Waals surface area (Å²) >= 11 is 7.03. The van der Waals surface area contributed by atoms with Gasteiger partial charge in [-0.25, -0.2) is 4.79 Å². The summed E-state index contributed by atoms with van der Waals surface area (Å²) in [5.41, 5.74) is 1.79. The highest BCUT2D eigenvalue weighted by molar-refractivity contribution is 7.80. The Morgan fingerprint density at radius 2 is 2.08 bits per heavy atom. The minimum atomic E-state index is -0.270. The summed E-state index contributed by atoms with van der Waals surface area (Å²) in [5, 5.41) is 11.7. The first-order valence-electron chi connectivity index (χ1n) is 8.97. The topological polar surface area (TPSA) is 68.2 Å². The van der Waals surface area contributed by atoms with Crippen LogP contribution in [0.4, 0.5) is 10.8 Å². The molecule has 0 saturated carbocycles. The van der Waals surface area contributed by atoms with Gasteiger partial charge in [0, 0.05) is 24.2 Å². The minimum absolute atomic E-state index is 0.270. The Labute approximate surface area is 162 Å². The summed E-state index contributed by atoms with van der Waals surface area (Å²) in [7, 11) is 1.85. The van der Waals surface area contributed by atoms with E-state index in [0.29, 0.717) is 23.1 Å². The number of carbonyl (C=O) groups excluding carboxylic acids is 1. The third-order valence-corrected chi connectivity index (χ3v) is 5.74. The molecule has 0 atom stereocenters. The van der Waals surface area contributed by atoms with Crippen LogP contribution in [-0.2, 0) is 24.6 Å². The minimum Gasteiger partial charge on any atom is -0.462 e. The first-order valence-corrected chi connectivity index (χ1v) is 10.2. The predicted octanol–water partition coefficient (Wildman–Crippen LogP) is 4.13. The lowest BCUT2D eigenvalue weighted by Crippen LogP contribution is -2.21. The number of nitrogens with zero attached hydrogens (tertiary/aromatic N) is 2. The summed E-state index contributed by atoms with van der Waals surface area (Å²) in [4.78, 5) is 13.9. The normalized spacial score (nSPS) is 14.1. The van der Waals surface area contributed by atoms with Crippen molar-refractivity contribution in [2.24, 2.45) is 7.05 Å². The van der Waals surface area contributed by atoms with Crippen molar-refractivity contribution >= 4 is 45.5 Å². The number of thiocarbonyl (C=S) groups is 1. The number of nitrogens with one attached hydrogen (secondary N) is 2. The van der Waals surface area contributed by atoms with Crippen LogP contribution < -0.4 is 10.6 Å². The van der Waals surface area contributed by atoms with E-state index in [9.17, 15) is 4.79 Å². The second-order valence-electron chi connectivity index (χ2n) is 6.30. The highest BCUT2D eigenvalue weighted by Gasteiger charge is 2.25. The van der Waals surface area contributed by atoms with Gasteiger partial charge in [-0.3, -0.25) is 4.68 Å². The van der Waals surface area contributed by atoms with Crippen molar-refractivity contribution in [1.82, 2.24) is 9.78 Å². The van der Waals surface area contributed by atoms with E-state index in [-0.39, 0.29) is 5.97 Å². The molecule has 0 unspecified atom stereocenters. The van der Waals surface area contributed by atoms with Crippen LogP contribution >= 0.6 is 23.6 Å². The zero-order valence-electron chi connectivity index (χ0n) is 15.1. The van der Waals surface area contributed by atoms with Crippen LogP contribution in [-0.4, -0.2) is 27.5 Å². The number of aromatic nitrogens is 2. The first kappa shape index (κ1) is 18.8. The number of fused-ring (bicyclic) bond motifs is 1. The number of esters is 1. The largest absolute Gasteiger partial charge is 0.462 e. The van der Waals surface area contributed by atoms with E-state index in [4.69, 9.17) is 17.0 Å². The van der Waals surface area contributed by atoms with Crippen molar-refractivity contribution in [3.8, 4) is 0 Å². The van der Waals surface area contributed by atoms with Gasteiger partial charge in [-0.1, -0.05) is 12.8 Å². The number of ether oxygens (including phenoxy) is 1. The maximum atomic E-state index is 12.6. The smallest absolute Gasteiger partial charge is 0.341 e. The molecule has 2 aromatic heterocycles. The molecule has 6 nitrogen and oxygen atoms in total. The second kappa shape index (κ2) is 8.64. The number of thiophene rings is 1. The molecule has 2 aromatic rings. The maximum Gasteiger partial charge on any atom is 0.341 e. The maximum absolute atomic E-state index is 12.6. The van der Waals surface area contributed by atoms with Crippen molar-refractivity contribution in [2.75, 3.05) is 17.2 Å². The molecule has 1 aliphatic carbocycles. The zero-order valence-corrected chi connectivity index (χ0v) is 16.8. The Balaban J connectivity index is 1.85. The Bertz CT molecular complexity index is 797. The lowest BCUT2D eigenvalue weighted by atomic mass is 9.96. The molecule has 3 rings (SSSR count). The average molecular weight is 393 g/mol. The zero-order chi connectivity index (χ0) is 18.5. The number of carbonyl (C=O) groups is 1. The number of aryl methyl sites for hydroxylation is 2. The predicted molar refractivity (Wildman–Crippen MR) is 109 cm³/mol. The van der Waals surface area contributed by atoms with E-state index in [1.165, 1.54) is 17.7 Å². The highest BCUT2D eigenvalue weighted by Crippen LogP contribution is 2.37. The lowest BCUT2D eigenvalue weighted by Gasteiger charge is -2.12. The molecule has 0 saturated heterocycles. The van der Waals surface area contributed by atoms with Gasteiger partial charge in [-0.05, 0) is 50.4 Å². The molecule has 2 heterocycles. The number of hydrogen-bond donors (Lipinski definition) is 2. The number of anilines is 2. The van der Waals surface area contributed by atoms with E-state index < -0.39 is 0 Å². The fourth-order valence-corrected chi connectivity index (χ4v) is 4.71. The van der Waals surface area contributed by atoms with E-state index in [1.807, 2.05) is 26.2 Å². The second-order valence-corrected chi connectivity index (χ2v) is 7.81. The van der Waals surface area contributed by atoms with Crippen LogP contribution in [0.2, 0.25) is 0 Å². The molecule has 0 aliphatic heterocycles. The van der Waals surface area contributed by atoms with E-state index in [1.54, 1.807) is 16.0 Å². The Morgan fingerprint density at radius 1 is 1.31 bits per heavy atom. The summed E-state index contributed by atoms with van der Waals surface area (Å²) in [5.74, 6) is 0.395. The molecule has 0 bridgehead atoms. The van der Waals surface area contributed by atoms with Crippen LogP contribution in [0.1, 0.15) is 53.4 Å². The van der Waals surface area contributed by atoms with Gasteiger partial charge in [0.25, 0.3) is 0 Å². The summed E-state index contributed by atoms with van der Waals surface area (Å²) in [6, 6.07) is 1.84. The van der Waals surface area contributed by atoms with Gasteiger partial charge in [0.1, 0.15) is 5.00 Å². The lowest BCUT2D eigenvalue weighted by molar-refractivity contribution is 0.0526. The SMILES string of the molecule is CCOC(=O)c1c(NC(=S)Nc2ccn(C)n2)sc2c1CCCCCC2. The highest BCUT2D eigenvalue weighted by atomic mass is 32.1. The van der Waals surface area contributed by atoms with Crippen LogP contribution in [0.15, 0.2) is 12.3 Å². The molecule has 140 valence electrons. The van der Waals surface area contributed by atoms with E-state index in [0.717, 1.165) is 36.2 Å². The Hall–Kier alpha value is -1.93. The fraction of sp³-hybridized carbons (Fsp3) is 0.500. The molecule has 26 heavy (non-hydrogen) atoms. The molecule has 0 amide bonds. The first-order chi connectivity index (χ1) is 12.6. The van der Waals surface area contributed by atoms with Crippen LogP contribution in [0.3, 0.4) is 0 Å². The molecular weight excluding hydrogens is 368 g/mol. The Morgan fingerprint density at radius 3 is 2.77 bits per heavy atom. The molecular formula is C18H24N4O2S2. The Kier molecular flexibility index (Phi) is 6.26. The van der Waals surface area contributed by atoms with Gasteiger partial charge in [-0.2, -0.15) is 5.10 Å². The van der Waals surface area contributed by atoms with Gasteiger partial charge in [-0.15, -0.1) is 11.3 Å². The molecule has 0 fully saturated rings. The van der Waals surface area contributed by atoms with Gasteiger partial charge in [0.05, 0.1) is 12.2 Å². The number of hydrogen-bond acceptors (Lipinski definition) is 5. The van der Waals surface area contributed by atoms with Crippen molar-refractivity contribution in [3.63, 3.8) is 0 Å². The summed E-state index contributed by atoms with van der Waals surface area (Å²) < 4.78 is 7.02. The van der Waals surface area contributed by atoms with E-state index in [2.05, 4.69) is 15.7 Å². The molecule has 2 N–H and O–H groups in total. The van der Waals surface area contributed by atoms with Gasteiger partial charge in [0.2, 0.25) is 0 Å². The molecule has 0 aromatic carbocycles. The molecule has 8 heteroatoms. The standard InChI is InChI=1S/C18H24N4O2S2/c1-3-24-17(23)15-12-8-6-4-5-7-9-13(12)26-16(15)20-18(25)19-14-10-11-22(2)21-14/h10-11H,3-9H2,1-2H3,(H2,19,20,21,25). The van der Waals surface area contributed by atoms with Gasteiger partial charge in [0.15, 0.2) is 10.9 Å². The third-order valence-electron chi connectivity index (χ3n) is 4.33. The van der Waals surface area contributed by atoms with Gasteiger partial charge < -0.3 is 15.4 Å². The monoisotopic (exact) mass is 392 g/mol. The quantitative estimate of drug-likeness (QED) is 0.602. The van der Waals surface area contributed by atoms with E-state index >= 15 is 0 Å².